The highest BCUT2D eigenvalue weighted by molar-refractivity contribution is 5.39. The van der Waals surface area contributed by atoms with Crippen LogP contribution in [0.4, 0.5) is 0 Å². The number of rotatable bonds is 11. The first-order valence-corrected chi connectivity index (χ1v) is 10.5. The molecule has 0 saturated carbocycles. The summed E-state index contributed by atoms with van der Waals surface area (Å²) >= 11 is 0. The molecule has 28 heavy (non-hydrogen) atoms. The Hall–Kier alpha value is -2.55. The number of allylic oxidation sites excluding steroid dienone is 2. The molecule has 0 amide bonds. The fourth-order valence-electron chi connectivity index (χ4n) is 3.97. The lowest BCUT2D eigenvalue weighted by Gasteiger charge is -2.37. The van der Waals surface area contributed by atoms with Crippen molar-refractivity contribution in [1.29, 1.82) is 0 Å². The highest BCUT2D eigenvalue weighted by atomic mass is 16.5. The van der Waals surface area contributed by atoms with Gasteiger partial charge in [0.05, 0.1) is 6.61 Å². The number of ether oxygens (including phenoxy) is 1. The molecule has 148 valence electrons. The molecule has 2 heteroatoms. The van der Waals surface area contributed by atoms with Crippen molar-refractivity contribution >= 4 is 6.47 Å². The van der Waals surface area contributed by atoms with Gasteiger partial charge in [-0.1, -0.05) is 64.0 Å². The monoisotopic (exact) mass is 376 g/mol. The van der Waals surface area contributed by atoms with E-state index in [1.807, 2.05) is 0 Å². The molecule has 0 aromatic rings. The standard InChI is InChI=1S/C26H32O2/c1-4-7-9-11-12-14-17-25-23(15-6-3)18-19-24(16-13-10-8-5-2)26(25)20-21-28-22-27/h1,18-19,22-26H,5-6,8,10,13,15-16,20-21H2,2-3H3. The molecule has 4 atom stereocenters. The Morgan fingerprint density at radius 2 is 1.64 bits per heavy atom. The molecule has 0 spiro atoms. The van der Waals surface area contributed by atoms with E-state index in [1.54, 1.807) is 0 Å². The van der Waals surface area contributed by atoms with E-state index in [1.165, 1.54) is 32.1 Å². The van der Waals surface area contributed by atoms with E-state index in [0.717, 1.165) is 19.3 Å². The molecule has 0 aromatic carbocycles. The van der Waals surface area contributed by atoms with E-state index in [0.29, 0.717) is 30.8 Å². The molecule has 0 radical (unpaired) electrons. The average molecular weight is 377 g/mol. The van der Waals surface area contributed by atoms with Gasteiger partial charge in [0.25, 0.3) is 6.47 Å². The third kappa shape index (κ3) is 8.90. The summed E-state index contributed by atoms with van der Waals surface area (Å²) < 4.78 is 5.02. The summed E-state index contributed by atoms with van der Waals surface area (Å²) in [7, 11) is 0. The van der Waals surface area contributed by atoms with E-state index in [2.05, 4.69) is 67.4 Å². The summed E-state index contributed by atoms with van der Waals surface area (Å²) in [5.74, 6) is 20.7. The van der Waals surface area contributed by atoms with Crippen LogP contribution in [0.15, 0.2) is 12.2 Å². The van der Waals surface area contributed by atoms with Crippen molar-refractivity contribution in [3.63, 3.8) is 0 Å². The van der Waals surface area contributed by atoms with E-state index in [4.69, 9.17) is 11.2 Å². The molecule has 0 fully saturated rings. The maximum atomic E-state index is 10.6. The van der Waals surface area contributed by atoms with Crippen LogP contribution >= 0.6 is 0 Å². The van der Waals surface area contributed by atoms with Gasteiger partial charge in [-0.15, -0.1) is 6.42 Å². The zero-order valence-electron chi connectivity index (χ0n) is 17.3. The van der Waals surface area contributed by atoms with Gasteiger partial charge in [0, 0.05) is 5.92 Å². The Morgan fingerprint density at radius 1 is 0.893 bits per heavy atom. The molecular formula is C26H32O2. The number of hydrogen-bond donors (Lipinski definition) is 0. The maximum Gasteiger partial charge on any atom is 0.293 e. The average Bonchev–Trinajstić information content (AvgIpc) is 2.70. The topological polar surface area (TPSA) is 26.3 Å². The first-order chi connectivity index (χ1) is 13.8. The smallest absolute Gasteiger partial charge is 0.293 e. The Morgan fingerprint density at radius 3 is 2.36 bits per heavy atom. The first kappa shape index (κ1) is 23.5. The molecule has 2 nitrogen and oxygen atoms in total. The van der Waals surface area contributed by atoms with Crippen molar-refractivity contribution in [2.24, 2.45) is 23.7 Å². The van der Waals surface area contributed by atoms with Crippen molar-refractivity contribution in [1.82, 2.24) is 0 Å². The summed E-state index contributed by atoms with van der Waals surface area (Å²) in [6.45, 7) is 5.42. The van der Waals surface area contributed by atoms with E-state index in [-0.39, 0.29) is 5.92 Å². The summed E-state index contributed by atoms with van der Waals surface area (Å²) in [5.41, 5.74) is 0. The molecular weight excluding hydrogens is 344 g/mol. The Labute approximate surface area is 171 Å². The largest absolute Gasteiger partial charge is 0.468 e. The molecule has 0 heterocycles. The second-order valence-electron chi connectivity index (χ2n) is 7.21. The van der Waals surface area contributed by atoms with Crippen molar-refractivity contribution in [3.05, 3.63) is 12.2 Å². The molecule has 4 unspecified atom stereocenters. The van der Waals surface area contributed by atoms with Crippen molar-refractivity contribution in [3.8, 4) is 47.9 Å². The minimum absolute atomic E-state index is 0.228. The van der Waals surface area contributed by atoms with Crippen molar-refractivity contribution in [2.75, 3.05) is 6.61 Å². The highest BCUT2D eigenvalue weighted by Gasteiger charge is 2.34. The lowest BCUT2D eigenvalue weighted by atomic mass is 9.67. The Balaban J connectivity index is 2.99. The molecule has 0 N–H and O–H groups in total. The molecule has 0 aliphatic heterocycles. The molecule has 0 bridgehead atoms. The number of hydrogen-bond acceptors (Lipinski definition) is 2. The summed E-state index contributed by atoms with van der Waals surface area (Å²) in [6, 6.07) is 0. The summed E-state index contributed by atoms with van der Waals surface area (Å²) in [4.78, 5) is 10.6. The van der Waals surface area contributed by atoms with Crippen molar-refractivity contribution in [2.45, 2.75) is 65.2 Å². The first-order valence-electron chi connectivity index (χ1n) is 10.5. The van der Waals surface area contributed by atoms with Gasteiger partial charge >= 0.3 is 0 Å². The van der Waals surface area contributed by atoms with E-state index in [9.17, 15) is 4.79 Å². The third-order valence-electron chi connectivity index (χ3n) is 5.29. The van der Waals surface area contributed by atoms with E-state index < -0.39 is 0 Å². The van der Waals surface area contributed by atoms with Gasteiger partial charge in [-0.3, -0.25) is 4.79 Å². The molecule has 0 saturated heterocycles. The highest BCUT2D eigenvalue weighted by Crippen LogP contribution is 2.40. The van der Waals surface area contributed by atoms with Crippen LogP contribution in [-0.4, -0.2) is 13.1 Å². The van der Waals surface area contributed by atoms with Crippen LogP contribution in [0, 0.1) is 71.5 Å². The molecule has 1 aliphatic carbocycles. The third-order valence-corrected chi connectivity index (χ3v) is 5.29. The van der Waals surface area contributed by atoms with Gasteiger partial charge in [0.1, 0.15) is 0 Å². The van der Waals surface area contributed by atoms with E-state index >= 15 is 0 Å². The van der Waals surface area contributed by atoms with Gasteiger partial charge in [-0.2, -0.15) is 0 Å². The van der Waals surface area contributed by atoms with Crippen LogP contribution in [0.25, 0.3) is 0 Å². The Kier molecular flexibility index (Phi) is 13.0. The van der Waals surface area contributed by atoms with Crippen LogP contribution in [0.1, 0.15) is 65.2 Å². The van der Waals surface area contributed by atoms with Crippen molar-refractivity contribution < 1.29 is 9.53 Å². The predicted octanol–water partition coefficient (Wildman–Crippen LogP) is 5.00. The minimum Gasteiger partial charge on any atom is -0.468 e. The normalized spacial score (nSPS) is 22.3. The van der Waals surface area contributed by atoms with Gasteiger partial charge in [-0.05, 0) is 72.5 Å². The SMILES string of the molecule is C#CC#CC#CC#CC1C(CCC)C=CC(CCCCCC)C1CCOC=O. The zero-order valence-corrected chi connectivity index (χ0v) is 17.3. The second kappa shape index (κ2) is 15.5. The lowest BCUT2D eigenvalue weighted by Crippen LogP contribution is -2.32. The maximum absolute atomic E-state index is 10.6. The minimum atomic E-state index is 0.228. The lowest BCUT2D eigenvalue weighted by molar-refractivity contribution is -0.129. The van der Waals surface area contributed by atoms with Gasteiger partial charge in [0.15, 0.2) is 0 Å². The fraction of sp³-hybridized carbons (Fsp3) is 0.577. The predicted molar refractivity (Wildman–Crippen MR) is 116 cm³/mol. The second-order valence-corrected chi connectivity index (χ2v) is 7.21. The van der Waals surface area contributed by atoms with Gasteiger partial charge in [-0.25, -0.2) is 0 Å². The quantitative estimate of drug-likeness (QED) is 0.220. The number of carbonyl (C=O) groups excluding carboxylic acids is 1. The van der Waals surface area contributed by atoms with Gasteiger partial charge in [0.2, 0.25) is 0 Å². The number of terminal acetylenes is 1. The summed E-state index contributed by atoms with van der Waals surface area (Å²) in [6.07, 6.45) is 19.1. The Bertz CT molecular complexity index is 705. The molecule has 0 aromatic heterocycles. The molecule has 1 aliphatic rings. The van der Waals surface area contributed by atoms with Crippen LogP contribution in [0.5, 0.6) is 0 Å². The number of carbonyl (C=O) groups is 1. The van der Waals surface area contributed by atoms with Crippen LogP contribution < -0.4 is 0 Å². The van der Waals surface area contributed by atoms with Crippen LogP contribution in [0.2, 0.25) is 0 Å². The zero-order chi connectivity index (χ0) is 20.5. The van der Waals surface area contributed by atoms with Gasteiger partial charge < -0.3 is 4.74 Å². The fourth-order valence-corrected chi connectivity index (χ4v) is 3.97. The van der Waals surface area contributed by atoms with Crippen LogP contribution in [0.3, 0.4) is 0 Å². The molecule has 1 rings (SSSR count). The van der Waals surface area contributed by atoms with Crippen LogP contribution in [-0.2, 0) is 9.53 Å². The number of unbranched alkanes of at least 4 members (excludes halogenated alkanes) is 3. The summed E-state index contributed by atoms with van der Waals surface area (Å²) in [5, 5.41) is 0.